The van der Waals surface area contributed by atoms with Crippen LogP contribution in [0, 0.1) is 0 Å². The highest BCUT2D eigenvalue weighted by Crippen LogP contribution is 2.40. The number of fused-ring (bicyclic) bond motifs is 7. The SMILES string of the molecule is c1ccc(-c2nc(-c3ccc(-c4c5ccccc5cc5c4ccc4ccccc45)cc3)nc(-c3cccc(-c4ccc5c(c4)sc4ccccc45)c3)n2)cc1. The molecule has 0 saturated carbocycles. The molecule has 3 nitrogen and oxygen atoms in total. The first-order chi connectivity index (χ1) is 27.2. The van der Waals surface area contributed by atoms with Gasteiger partial charge in [0.2, 0.25) is 0 Å². The molecular weight excluding hydrogens is 687 g/mol. The Labute approximate surface area is 321 Å². The fourth-order valence-electron chi connectivity index (χ4n) is 8.01. The lowest BCUT2D eigenvalue weighted by atomic mass is 9.89. The highest BCUT2D eigenvalue weighted by Gasteiger charge is 2.16. The summed E-state index contributed by atoms with van der Waals surface area (Å²) in [6.07, 6.45) is 0. The zero-order chi connectivity index (χ0) is 36.3. The molecule has 0 fully saturated rings. The molecule has 0 saturated heterocycles. The minimum atomic E-state index is 0.640. The molecule has 0 aliphatic heterocycles. The fourth-order valence-corrected chi connectivity index (χ4v) is 9.16. The van der Waals surface area contributed by atoms with Gasteiger partial charge in [0, 0.05) is 36.9 Å². The van der Waals surface area contributed by atoms with E-state index >= 15 is 0 Å². The van der Waals surface area contributed by atoms with Gasteiger partial charge >= 0.3 is 0 Å². The van der Waals surface area contributed by atoms with Crippen LogP contribution in [-0.4, -0.2) is 15.0 Å². The predicted molar refractivity (Wildman–Crippen MR) is 232 cm³/mol. The smallest absolute Gasteiger partial charge is 0.164 e. The molecule has 0 radical (unpaired) electrons. The first-order valence-corrected chi connectivity index (χ1v) is 19.3. The second-order valence-corrected chi connectivity index (χ2v) is 15.1. The lowest BCUT2D eigenvalue weighted by Gasteiger charge is -2.14. The molecule has 0 atom stereocenters. The second kappa shape index (κ2) is 12.8. The van der Waals surface area contributed by atoms with Gasteiger partial charge in [-0.3, -0.25) is 0 Å². The first kappa shape index (κ1) is 31.5. The molecule has 0 aliphatic rings. The summed E-state index contributed by atoms with van der Waals surface area (Å²) in [4.78, 5) is 15.2. The standard InChI is InChI=1S/C51H31N3S/c1-2-12-34(13-3-1)49-52-50(54-51(53-49)39-16-10-15-36(29-39)37-26-27-43-42-19-8-9-20-46(42)55-47(43)31-37)35-23-21-33(22-24-35)48-41-18-7-5-14-38(41)30-45-40-17-6-4-11-32(40)25-28-44(45)48/h1-31H. The van der Waals surface area contributed by atoms with E-state index in [1.807, 2.05) is 29.5 Å². The summed E-state index contributed by atoms with van der Waals surface area (Å²) in [6.45, 7) is 0. The monoisotopic (exact) mass is 717 g/mol. The van der Waals surface area contributed by atoms with Crippen LogP contribution in [0.3, 0.4) is 0 Å². The predicted octanol–water partition coefficient (Wildman–Crippen LogP) is 14.0. The quantitative estimate of drug-likeness (QED) is 0.131. The molecule has 0 amide bonds. The summed E-state index contributed by atoms with van der Waals surface area (Å²) < 4.78 is 2.59. The number of benzene rings is 9. The molecule has 0 N–H and O–H groups in total. The molecule has 11 aromatic rings. The van der Waals surface area contributed by atoms with Crippen LogP contribution in [0.15, 0.2) is 188 Å². The number of rotatable bonds is 5. The van der Waals surface area contributed by atoms with Crippen molar-refractivity contribution in [1.29, 1.82) is 0 Å². The summed E-state index contributed by atoms with van der Waals surface area (Å²) in [5.41, 5.74) is 7.51. The van der Waals surface area contributed by atoms with Crippen LogP contribution in [0.2, 0.25) is 0 Å². The van der Waals surface area contributed by atoms with Crippen LogP contribution in [0.1, 0.15) is 0 Å². The van der Waals surface area contributed by atoms with Crippen molar-refractivity contribution >= 4 is 63.8 Å². The Hall–Kier alpha value is -7.01. The maximum absolute atomic E-state index is 5.13. The number of hydrogen-bond donors (Lipinski definition) is 0. The number of thiophene rings is 1. The molecule has 0 bridgehead atoms. The van der Waals surface area contributed by atoms with Gasteiger partial charge in [-0.2, -0.15) is 0 Å². The van der Waals surface area contributed by atoms with Gasteiger partial charge in [0.05, 0.1) is 0 Å². The summed E-state index contributed by atoms with van der Waals surface area (Å²) >= 11 is 1.84. The average Bonchev–Trinajstić information content (AvgIpc) is 3.64. The molecule has 55 heavy (non-hydrogen) atoms. The van der Waals surface area contributed by atoms with Gasteiger partial charge in [-0.1, -0.05) is 164 Å². The van der Waals surface area contributed by atoms with Crippen molar-refractivity contribution in [2.75, 3.05) is 0 Å². The van der Waals surface area contributed by atoms with Crippen LogP contribution in [0.5, 0.6) is 0 Å². The van der Waals surface area contributed by atoms with Gasteiger partial charge in [0.25, 0.3) is 0 Å². The zero-order valence-corrected chi connectivity index (χ0v) is 30.5. The number of hydrogen-bond acceptors (Lipinski definition) is 4. The van der Waals surface area contributed by atoms with E-state index in [9.17, 15) is 0 Å². The van der Waals surface area contributed by atoms with Gasteiger partial charge < -0.3 is 0 Å². The molecule has 9 aromatic carbocycles. The molecule has 0 unspecified atom stereocenters. The molecule has 11 rings (SSSR count). The fraction of sp³-hybridized carbons (Fsp3) is 0. The first-order valence-electron chi connectivity index (χ1n) is 18.5. The summed E-state index contributed by atoms with van der Waals surface area (Å²) in [7, 11) is 0. The Morgan fingerprint density at radius 1 is 0.273 bits per heavy atom. The third kappa shape index (κ3) is 5.46. The minimum Gasteiger partial charge on any atom is -0.208 e. The minimum absolute atomic E-state index is 0.640. The lowest BCUT2D eigenvalue weighted by molar-refractivity contribution is 1.07. The van der Waals surface area contributed by atoms with E-state index in [-0.39, 0.29) is 0 Å². The maximum Gasteiger partial charge on any atom is 0.164 e. The van der Waals surface area contributed by atoms with Gasteiger partial charge in [-0.15, -0.1) is 11.3 Å². The van der Waals surface area contributed by atoms with Gasteiger partial charge in [-0.25, -0.2) is 15.0 Å². The summed E-state index contributed by atoms with van der Waals surface area (Å²) in [5, 5.41) is 10.1. The van der Waals surface area contributed by atoms with Crippen LogP contribution in [0.4, 0.5) is 0 Å². The van der Waals surface area contributed by atoms with E-state index in [0.29, 0.717) is 17.5 Å². The van der Waals surface area contributed by atoms with Crippen molar-refractivity contribution in [2.24, 2.45) is 0 Å². The third-order valence-electron chi connectivity index (χ3n) is 10.7. The Kier molecular flexibility index (Phi) is 7.35. The van der Waals surface area contributed by atoms with Crippen molar-refractivity contribution in [3.8, 4) is 56.4 Å². The third-order valence-corrected chi connectivity index (χ3v) is 11.8. The highest BCUT2D eigenvalue weighted by molar-refractivity contribution is 7.25. The molecule has 256 valence electrons. The van der Waals surface area contributed by atoms with Crippen LogP contribution in [-0.2, 0) is 0 Å². The van der Waals surface area contributed by atoms with Crippen molar-refractivity contribution in [1.82, 2.24) is 15.0 Å². The highest BCUT2D eigenvalue weighted by atomic mass is 32.1. The maximum atomic E-state index is 5.13. The Bertz CT molecular complexity index is 3260. The number of aromatic nitrogens is 3. The van der Waals surface area contributed by atoms with Crippen LogP contribution in [0.25, 0.3) is 109 Å². The average molecular weight is 718 g/mol. The van der Waals surface area contributed by atoms with Gasteiger partial charge in [-0.05, 0) is 78.8 Å². The van der Waals surface area contributed by atoms with Crippen LogP contribution >= 0.6 is 11.3 Å². The normalized spacial score (nSPS) is 11.6. The van der Waals surface area contributed by atoms with E-state index < -0.39 is 0 Å². The Balaban J connectivity index is 1.03. The van der Waals surface area contributed by atoms with Crippen molar-refractivity contribution in [2.45, 2.75) is 0 Å². The zero-order valence-electron chi connectivity index (χ0n) is 29.6. The Morgan fingerprint density at radius 3 is 1.64 bits per heavy atom. The topological polar surface area (TPSA) is 38.7 Å². The van der Waals surface area contributed by atoms with Crippen molar-refractivity contribution in [3.63, 3.8) is 0 Å². The molecule has 0 aliphatic carbocycles. The lowest BCUT2D eigenvalue weighted by Crippen LogP contribution is -2.00. The van der Waals surface area contributed by atoms with E-state index in [0.717, 1.165) is 27.8 Å². The van der Waals surface area contributed by atoms with Gasteiger partial charge in [0.15, 0.2) is 17.5 Å². The van der Waals surface area contributed by atoms with Crippen molar-refractivity contribution in [3.05, 3.63) is 188 Å². The van der Waals surface area contributed by atoms with E-state index in [4.69, 9.17) is 15.0 Å². The van der Waals surface area contributed by atoms with Crippen LogP contribution < -0.4 is 0 Å². The molecule has 2 heterocycles. The number of nitrogens with zero attached hydrogens (tertiary/aromatic N) is 3. The summed E-state index contributed by atoms with van der Waals surface area (Å²) in [6, 6.07) is 67.0. The molecular formula is C51H31N3S. The largest absolute Gasteiger partial charge is 0.208 e. The summed E-state index contributed by atoms with van der Waals surface area (Å²) in [5.74, 6) is 1.93. The molecule has 4 heteroatoms. The molecule has 0 spiro atoms. The van der Waals surface area contributed by atoms with E-state index in [2.05, 4.69) is 170 Å². The Morgan fingerprint density at radius 2 is 0.818 bits per heavy atom. The van der Waals surface area contributed by atoms with E-state index in [1.165, 1.54) is 63.6 Å². The van der Waals surface area contributed by atoms with Gasteiger partial charge in [0.1, 0.15) is 0 Å². The van der Waals surface area contributed by atoms with Crippen molar-refractivity contribution < 1.29 is 0 Å². The molecule has 2 aromatic heterocycles. The second-order valence-electron chi connectivity index (χ2n) is 14.0. The van der Waals surface area contributed by atoms with E-state index in [1.54, 1.807) is 0 Å².